The lowest BCUT2D eigenvalue weighted by Gasteiger charge is -2.33. The van der Waals surface area contributed by atoms with Gasteiger partial charge in [-0.3, -0.25) is 4.79 Å². The summed E-state index contributed by atoms with van der Waals surface area (Å²) >= 11 is 0. The van der Waals surface area contributed by atoms with Gasteiger partial charge >= 0.3 is 23.9 Å². The maximum atomic E-state index is 12.8. The van der Waals surface area contributed by atoms with Crippen LogP contribution in [0.5, 0.6) is 0 Å². The quantitative estimate of drug-likeness (QED) is 0.232. The lowest BCUT2D eigenvalue weighted by atomic mass is 9.83. The fourth-order valence-corrected chi connectivity index (χ4v) is 3.88. The molecule has 0 aromatic rings. The number of hydrogen-bond acceptors (Lipinski definition) is 8. The summed E-state index contributed by atoms with van der Waals surface area (Å²) in [5, 5.41) is 9.88. The fraction of sp³-hybridized carbons (Fsp3) is 0.545. The van der Waals surface area contributed by atoms with Crippen LogP contribution < -0.4 is 0 Å². The Balaban J connectivity index is 2.11. The van der Waals surface area contributed by atoms with Crippen LogP contribution in [-0.2, 0) is 38.1 Å². The molecule has 6 unspecified atom stereocenters. The van der Waals surface area contributed by atoms with Crippen molar-refractivity contribution in [2.45, 2.75) is 70.6 Å². The molecule has 31 heavy (non-hydrogen) atoms. The largest absolute Gasteiger partial charge is 0.478 e. The number of allylic oxidation sites excluding steroid dienone is 2. The molecule has 6 atom stereocenters. The molecule has 0 saturated carbocycles. The topological polar surface area (TPSA) is 129 Å². The van der Waals surface area contributed by atoms with Gasteiger partial charge in [-0.25, -0.2) is 14.4 Å². The van der Waals surface area contributed by atoms with Crippen LogP contribution in [0.25, 0.3) is 0 Å². The molecule has 9 nitrogen and oxygen atoms in total. The SMILES string of the molecule is C=C1C(=O)OC2C=C(C)CCC=C(C(=O)O)C(OC(=O)C3(C)OC3C)C(OC(C)=O)C12. The first-order valence-corrected chi connectivity index (χ1v) is 10.0. The summed E-state index contributed by atoms with van der Waals surface area (Å²) in [6.45, 7) is 9.94. The molecule has 3 aliphatic rings. The van der Waals surface area contributed by atoms with Crippen LogP contribution in [0.1, 0.15) is 40.5 Å². The van der Waals surface area contributed by atoms with E-state index in [1.807, 2.05) is 6.92 Å². The first-order chi connectivity index (χ1) is 14.5. The Hall–Kier alpha value is -2.94. The summed E-state index contributed by atoms with van der Waals surface area (Å²) in [7, 11) is 0. The summed E-state index contributed by atoms with van der Waals surface area (Å²) in [5.74, 6) is -4.48. The van der Waals surface area contributed by atoms with Crippen molar-refractivity contribution in [3.8, 4) is 0 Å². The summed E-state index contributed by atoms with van der Waals surface area (Å²) < 4.78 is 21.8. The standard InChI is InChI=1S/C22H26O9/c1-10-7-6-8-14(19(24)25)17(30-21(27)22(5)12(3)31-22)18(28-13(4)23)16-11(2)20(26)29-15(16)9-10/h8-9,12,15-18H,2,6-7H2,1,3-5H3,(H,24,25). The Bertz CT molecular complexity index is 899. The zero-order valence-corrected chi connectivity index (χ0v) is 17.9. The van der Waals surface area contributed by atoms with E-state index in [4.69, 9.17) is 18.9 Å². The minimum atomic E-state index is -1.49. The first kappa shape index (κ1) is 22.7. The van der Waals surface area contributed by atoms with E-state index in [0.717, 1.165) is 12.5 Å². The van der Waals surface area contributed by atoms with Crippen LogP contribution in [0.2, 0.25) is 0 Å². The number of ether oxygens (including phenoxy) is 4. The zero-order chi connectivity index (χ0) is 23.1. The Labute approximate surface area is 179 Å². The molecule has 0 radical (unpaired) electrons. The predicted octanol–water partition coefficient (Wildman–Crippen LogP) is 1.86. The lowest BCUT2D eigenvalue weighted by Crippen LogP contribution is -2.47. The molecule has 0 aromatic heterocycles. The van der Waals surface area contributed by atoms with Gasteiger partial charge < -0.3 is 24.1 Å². The molecule has 3 rings (SSSR count). The Kier molecular flexibility index (Phi) is 6.09. The van der Waals surface area contributed by atoms with Crippen molar-refractivity contribution in [2.24, 2.45) is 5.92 Å². The second-order valence-corrected chi connectivity index (χ2v) is 8.20. The molecule has 2 heterocycles. The highest BCUT2D eigenvalue weighted by Gasteiger charge is 2.59. The molecule has 9 heteroatoms. The molecule has 1 N–H and O–H groups in total. The van der Waals surface area contributed by atoms with Crippen molar-refractivity contribution in [1.82, 2.24) is 0 Å². The maximum Gasteiger partial charge on any atom is 0.341 e. The Morgan fingerprint density at radius 3 is 2.48 bits per heavy atom. The van der Waals surface area contributed by atoms with Gasteiger partial charge in [-0.05, 0) is 39.7 Å². The van der Waals surface area contributed by atoms with E-state index in [2.05, 4.69) is 6.58 Å². The van der Waals surface area contributed by atoms with Crippen molar-refractivity contribution in [3.63, 3.8) is 0 Å². The third-order valence-electron chi connectivity index (χ3n) is 5.90. The minimum Gasteiger partial charge on any atom is -0.478 e. The highest BCUT2D eigenvalue weighted by molar-refractivity contribution is 5.92. The van der Waals surface area contributed by atoms with Crippen LogP contribution in [0, 0.1) is 5.92 Å². The van der Waals surface area contributed by atoms with Crippen molar-refractivity contribution < 1.29 is 43.2 Å². The zero-order valence-electron chi connectivity index (χ0n) is 17.9. The number of aliphatic carboxylic acids is 1. The van der Waals surface area contributed by atoms with Crippen molar-refractivity contribution in [3.05, 3.63) is 35.5 Å². The van der Waals surface area contributed by atoms with Crippen LogP contribution in [0.3, 0.4) is 0 Å². The normalized spacial score (nSPS) is 35.2. The molecular weight excluding hydrogens is 408 g/mol. The van der Waals surface area contributed by atoms with E-state index < -0.39 is 59.8 Å². The highest BCUT2D eigenvalue weighted by Crippen LogP contribution is 2.41. The first-order valence-electron chi connectivity index (χ1n) is 10.0. The van der Waals surface area contributed by atoms with Crippen molar-refractivity contribution >= 4 is 23.9 Å². The molecule has 0 spiro atoms. The Morgan fingerprint density at radius 1 is 1.29 bits per heavy atom. The van der Waals surface area contributed by atoms with Crippen LogP contribution >= 0.6 is 0 Å². The lowest BCUT2D eigenvalue weighted by molar-refractivity contribution is -0.172. The van der Waals surface area contributed by atoms with Gasteiger partial charge in [0.05, 0.1) is 17.6 Å². The third kappa shape index (κ3) is 4.41. The summed E-state index contributed by atoms with van der Waals surface area (Å²) in [6.07, 6.45) is -0.0845. The van der Waals surface area contributed by atoms with Gasteiger partial charge in [0.15, 0.2) is 17.8 Å². The summed E-state index contributed by atoms with van der Waals surface area (Å²) in [6, 6.07) is 0. The molecule has 0 amide bonds. The van der Waals surface area contributed by atoms with Gasteiger partial charge in [0, 0.05) is 12.5 Å². The second-order valence-electron chi connectivity index (χ2n) is 8.20. The van der Waals surface area contributed by atoms with Gasteiger partial charge in [0.25, 0.3) is 0 Å². The number of epoxide rings is 1. The predicted molar refractivity (Wildman–Crippen MR) is 106 cm³/mol. The average Bonchev–Trinajstić information content (AvgIpc) is 3.19. The molecule has 1 aliphatic carbocycles. The van der Waals surface area contributed by atoms with E-state index >= 15 is 0 Å². The number of carboxylic acid groups (broad SMARTS) is 1. The molecule has 2 aliphatic heterocycles. The van der Waals surface area contributed by atoms with E-state index in [-0.39, 0.29) is 11.1 Å². The molecule has 2 fully saturated rings. The molecule has 0 aromatic carbocycles. The molecule has 0 bridgehead atoms. The average molecular weight is 434 g/mol. The van der Waals surface area contributed by atoms with Crippen LogP contribution in [0.4, 0.5) is 0 Å². The van der Waals surface area contributed by atoms with Crippen LogP contribution in [-0.4, -0.2) is 59.0 Å². The van der Waals surface area contributed by atoms with Gasteiger partial charge in [0.2, 0.25) is 0 Å². The molecule has 168 valence electrons. The minimum absolute atomic E-state index is 0.00825. The number of carboxylic acids is 1. The Morgan fingerprint density at radius 2 is 1.94 bits per heavy atom. The highest BCUT2D eigenvalue weighted by atomic mass is 16.7. The third-order valence-corrected chi connectivity index (χ3v) is 5.90. The van der Waals surface area contributed by atoms with Crippen LogP contribution in [0.15, 0.2) is 35.5 Å². The second kappa shape index (κ2) is 8.30. The fourth-order valence-electron chi connectivity index (χ4n) is 3.88. The number of rotatable bonds is 4. The van der Waals surface area contributed by atoms with E-state index in [0.29, 0.717) is 12.8 Å². The van der Waals surface area contributed by atoms with Gasteiger partial charge in [-0.2, -0.15) is 0 Å². The monoisotopic (exact) mass is 434 g/mol. The smallest absolute Gasteiger partial charge is 0.341 e. The van der Waals surface area contributed by atoms with Crippen molar-refractivity contribution in [1.29, 1.82) is 0 Å². The van der Waals surface area contributed by atoms with Crippen molar-refractivity contribution in [2.75, 3.05) is 0 Å². The summed E-state index contributed by atoms with van der Waals surface area (Å²) in [5.41, 5.74) is -0.608. The molecule has 2 saturated heterocycles. The van der Waals surface area contributed by atoms with Gasteiger partial charge in [-0.15, -0.1) is 0 Å². The molecular formula is C22H26O9. The van der Waals surface area contributed by atoms with E-state index in [9.17, 15) is 24.3 Å². The van der Waals surface area contributed by atoms with Gasteiger partial charge in [0.1, 0.15) is 6.10 Å². The maximum absolute atomic E-state index is 12.8. The number of carbonyl (C=O) groups excluding carboxylic acids is 3. The summed E-state index contributed by atoms with van der Waals surface area (Å²) in [4.78, 5) is 49.2. The number of carbonyl (C=O) groups is 4. The number of hydrogen-bond donors (Lipinski definition) is 1. The van der Waals surface area contributed by atoms with Gasteiger partial charge in [-0.1, -0.05) is 18.2 Å². The van der Waals surface area contributed by atoms with E-state index in [1.165, 1.54) is 13.0 Å². The number of fused-ring (bicyclic) bond motifs is 1. The number of esters is 3. The van der Waals surface area contributed by atoms with E-state index in [1.54, 1.807) is 13.0 Å².